The highest BCUT2D eigenvalue weighted by atomic mass is 14.9. The smallest absolute Gasteiger partial charge is 0.0414 e. The van der Waals surface area contributed by atoms with E-state index in [2.05, 4.69) is 37.0 Å². The minimum absolute atomic E-state index is 0.960. The molecule has 1 aromatic carbocycles. The van der Waals surface area contributed by atoms with E-state index in [1.165, 1.54) is 11.1 Å². The van der Waals surface area contributed by atoms with E-state index in [1.54, 1.807) is 0 Å². The first-order valence-corrected chi connectivity index (χ1v) is 4.80. The van der Waals surface area contributed by atoms with Gasteiger partial charge in [-0.1, -0.05) is 36.9 Å². The molecule has 0 unspecified atom stereocenters. The van der Waals surface area contributed by atoms with Crippen LogP contribution < -0.4 is 5.32 Å². The molecule has 0 spiro atoms. The summed E-state index contributed by atoms with van der Waals surface area (Å²) in [5.74, 6) is 0. The molecule has 0 bridgehead atoms. The van der Waals surface area contributed by atoms with Crippen molar-refractivity contribution in [3.8, 4) is 0 Å². The molecule has 74 valence electrons. The summed E-state index contributed by atoms with van der Waals surface area (Å²) in [4.78, 5) is 0. The zero-order valence-corrected chi connectivity index (χ0v) is 9.09. The van der Waals surface area contributed by atoms with Crippen LogP contribution in [0, 0.1) is 6.92 Å². The van der Waals surface area contributed by atoms with E-state index in [-0.39, 0.29) is 0 Å². The van der Waals surface area contributed by atoms with E-state index in [9.17, 15) is 0 Å². The van der Waals surface area contributed by atoms with Gasteiger partial charge < -0.3 is 5.32 Å². The first-order valence-electron chi connectivity index (χ1n) is 4.80. The zero-order valence-electron chi connectivity index (χ0n) is 9.09. The molecule has 0 fully saturated rings. The molecule has 0 saturated carbocycles. The van der Waals surface area contributed by atoms with Crippen LogP contribution >= 0.6 is 0 Å². The second-order valence-electron chi connectivity index (χ2n) is 3.42. The molecule has 0 atom stereocenters. The fourth-order valence-electron chi connectivity index (χ4n) is 1.40. The van der Waals surface area contributed by atoms with Crippen LogP contribution in [-0.4, -0.2) is 0 Å². The molecule has 0 aliphatic carbocycles. The Labute approximate surface area is 86.2 Å². The van der Waals surface area contributed by atoms with Crippen LogP contribution in [0.3, 0.4) is 0 Å². The molecular formula is C13H17N. The number of aryl methyl sites for hydroxylation is 1. The number of allylic oxidation sites excluding steroid dienone is 2. The average molecular weight is 187 g/mol. The Balaban J connectivity index is 3.02. The second-order valence-corrected chi connectivity index (χ2v) is 3.42. The molecule has 14 heavy (non-hydrogen) atoms. The first kappa shape index (κ1) is 10.6. The maximum Gasteiger partial charge on any atom is 0.0414 e. The Morgan fingerprint density at radius 2 is 2.00 bits per heavy atom. The van der Waals surface area contributed by atoms with Gasteiger partial charge in [0.25, 0.3) is 0 Å². The summed E-state index contributed by atoms with van der Waals surface area (Å²) in [7, 11) is 0. The third kappa shape index (κ3) is 2.49. The Hall–Kier alpha value is -1.50. The highest BCUT2D eigenvalue weighted by Gasteiger charge is 2.02. The molecular weight excluding hydrogens is 170 g/mol. The van der Waals surface area contributed by atoms with Gasteiger partial charge in [-0.05, 0) is 26.3 Å². The van der Waals surface area contributed by atoms with Gasteiger partial charge in [0.2, 0.25) is 0 Å². The molecule has 1 rings (SSSR count). The lowest BCUT2D eigenvalue weighted by atomic mass is 10.1. The fourth-order valence-corrected chi connectivity index (χ4v) is 1.40. The van der Waals surface area contributed by atoms with Crippen molar-refractivity contribution in [1.82, 2.24) is 5.32 Å². The van der Waals surface area contributed by atoms with Gasteiger partial charge in [0.15, 0.2) is 0 Å². The van der Waals surface area contributed by atoms with Gasteiger partial charge in [0, 0.05) is 17.0 Å². The standard InChI is InChI=1S/C13H17N/c1-5-13(14-10(2)3)12-9-7-6-8-11(12)4/h5-9,14H,2H2,1,3-4H3/b13-5-. The molecule has 0 aliphatic heterocycles. The van der Waals surface area contributed by atoms with E-state index >= 15 is 0 Å². The van der Waals surface area contributed by atoms with Crippen molar-refractivity contribution in [2.75, 3.05) is 0 Å². The van der Waals surface area contributed by atoms with Crippen molar-refractivity contribution in [3.63, 3.8) is 0 Å². The maximum atomic E-state index is 3.85. The second kappa shape index (κ2) is 4.66. The molecule has 0 amide bonds. The Kier molecular flexibility index (Phi) is 3.52. The van der Waals surface area contributed by atoms with E-state index in [1.807, 2.05) is 26.0 Å². The normalized spacial score (nSPS) is 11.2. The predicted octanol–water partition coefficient (Wildman–Crippen LogP) is 3.48. The fraction of sp³-hybridized carbons (Fsp3) is 0.231. The molecule has 0 radical (unpaired) electrons. The lowest BCUT2D eigenvalue weighted by Gasteiger charge is -2.12. The van der Waals surface area contributed by atoms with E-state index in [4.69, 9.17) is 0 Å². The van der Waals surface area contributed by atoms with Crippen LogP contribution in [0.4, 0.5) is 0 Å². The lowest BCUT2D eigenvalue weighted by molar-refractivity contribution is 1.08. The molecule has 1 heteroatoms. The Bertz CT molecular complexity index is 361. The van der Waals surface area contributed by atoms with Crippen LogP contribution in [-0.2, 0) is 0 Å². The molecule has 1 N–H and O–H groups in total. The van der Waals surface area contributed by atoms with Crippen LogP contribution in [0.2, 0.25) is 0 Å². The van der Waals surface area contributed by atoms with Crippen LogP contribution in [0.5, 0.6) is 0 Å². The van der Waals surface area contributed by atoms with Gasteiger partial charge in [0.05, 0.1) is 0 Å². The van der Waals surface area contributed by atoms with Gasteiger partial charge in [-0.2, -0.15) is 0 Å². The third-order valence-electron chi connectivity index (χ3n) is 2.07. The highest BCUT2D eigenvalue weighted by molar-refractivity contribution is 5.67. The van der Waals surface area contributed by atoms with Crippen molar-refractivity contribution in [2.45, 2.75) is 20.8 Å². The minimum Gasteiger partial charge on any atom is -0.359 e. The Morgan fingerprint density at radius 1 is 1.36 bits per heavy atom. The van der Waals surface area contributed by atoms with E-state index in [0.29, 0.717) is 0 Å². The van der Waals surface area contributed by atoms with Crippen molar-refractivity contribution < 1.29 is 0 Å². The molecule has 0 saturated heterocycles. The molecule has 0 heterocycles. The summed E-state index contributed by atoms with van der Waals surface area (Å²) < 4.78 is 0. The molecule has 1 nitrogen and oxygen atoms in total. The molecule has 0 aromatic heterocycles. The van der Waals surface area contributed by atoms with Gasteiger partial charge in [0.1, 0.15) is 0 Å². The largest absolute Gasteiger partial charge is 0.359 e. The number of hydrogen-bond acceptors (Lipinski definition) is 1. The van der Waals surface area contributed by atoms with Crippen molar-refractivity contribution in [3.05, 3.63) is 53.7 Å². The highest BCUT2D eigenvalue weighted by Crippen LogP contribution is 2.16. The number of rotatable bonds is 3. The molecule has 0 aliphatic rings. The van der Waals surface area contributed by atoms with E-state index < -0.39 is 0 Å². The summed E-state index contributed by atoms with van der Waals surface area (Å²) in [5.41, 5.74) is 4.59. The topological polar surface area (TPSA) is 12.0 Å². The zero-order chi connectivity index (χ0) is 10.6. The predicted molar refractivity (Wildman–Crippen MR) is 62.8 cm³/mol. The van der Waals surface area contributed by atoms with Gasteiger partial charge >= 0.3 is 0 Å². The van der Waals surface area contributed by atoms with Crippen molar-refractivity contribution >= 4 is 5.70 Å². The van der Waals surface area contributed by atoms with E-state index in [0.717, 1.165) is 11.4 Å². The summed E-state index contributed by atoms with van der Waals surface area (Å²) in [6.45, 7) is 9.94. The lowest BCUT2D eigenvalue weighted by Crippen LogP contribution is -2.09. The van der Waals surface area contributed by atoms with Crippen LogP contribution in [0.15, 0.2) is 42.6 Å². The third-order valence-corrected chi connectivity index (χ3v) is 2.07. The molecule has 1 aromatic rings. The van der Waals surface area contributed by atoms with Crippen molar-refractivity contribution in [1.29, 1.82) is 0 Å². The number of nitrogens with one attached hydrogen (secondary N) is 1. The summed E-state index contributed by atoms with van der Waals surface area (Å²) in [6.07, 6.45) is 2.07. The SMILES string of the molecule is C=C(C)N/C(=C\C)c1ccccc1C. The van der Waals surface area contributed by atoms with Crippen LogP contribution in [0.1, 0.15) is 25.0 Å². The maximum absolute atomic E-state index is 3.85. The quantitative estimate of drug-likeness (QED) is 0.764. The summed E-state index contributed by atoms with van der Waals surface area (Å²) in [5, 5.41) is 3.25. The monoisotopic (exact) mass is 187 g/mol. The van der Waals surface area contributed by atoms with Gasteiger partial charge in [-0.25, -0.2) is 0 Å². The summed E-state index contributed by atoms with van der Waals surface area (Å²) in [6, 6.07) is 8.32. The summed E-state index contributed by atoms with van der Waals surface area (Å²) >= 11 is 0. The Morgan fingerprint density at radius 3 is 2.50 bits per heavy atom. The average Bonchev–Trinajstić information content (AvgIpc) is 2.15. The number of hydrogen-bond donors (Lipinski definition) is 1. The van der Waals surface area contributed by atoms with Crippen molar-refractivity contribution in [2.24, 2.45) is 0 Å². The van der Waals surface area contributed by atoms with Gasteiger partial charge in [-0.3, -0.25) is 0 Å². The number of benzene rings is 1. The van der Waals surface area contributed by atoms with Crippen LogP contribution in [0.25, 0.3) is 5.70 Å². The minimum atomic E-state index is 0.960. The first-order chi connectivity index (χ1) is 6.65. The van der Waals surface area contributed by atoms with Gasteiger partial charge in [-0.15, -0.1) is 0 Å².